The number of nitrogens with zero attached hydrogens (tertiary/aromatic N) is 1. The topological polar surface area (TPSA) is 31.2 Å². The summed E-state index contributed by atoms with van der Waals surface area (Å²) in [5, 5.41) is 1.17. The van der Waals surface area contributed by atoms with Gasteiger partial charge in [0.15, 0.2) is 0 Å². The highest BCUT2D eigenvalue weighted by Crippen LogP contribution is 2.39. The molecule has 0 amide bonds. The molecule has 2 aromatic rings. The molecule has 1 aromatic carbocycles. The first kappa shape index (κ1) is 14.9. The average Bonchev–Trinajstić information content (AvgIpc) is 2.76. The summed E-state index contributed by atoms with van der Waals surface area (Å²) in [6.45, 7) is 8.00. The van der Waals surface area contributed by atoms with E-state index in [4.69, 9.17) is 4.74 Å². The van der Waals surface area contributed by atoms with Crippen molar-refractivity contribution in [2.45, 2.75) is 40.5 Å². The van der Waals surface area contributed by atoms with Gasteiger partial charge in [-0.25, -0.2) is 0 Å². The third-order valence-electron chi connectivity index (χ3n) is 4.36. The third kappa shape index (κ3) is 2.16. The highest BCUT2D eigenvalue weighted by atomic mass is 16.5. The zero-order chi connectivity index (χ0) is 16.1. The zero-order valence-corrected chi connectivity index (χ0v) is 14.0. The van der Waals surface area contributed by atoms with E-state index in [1.807, 2.05) is 33.0 Å². The van der Waals surface area contributed by atoms with Crippen LogP contribution in [0.15, 0.2) is 24.4 Å². The Hall–Kier alpha value is -2.03. The molecule has 1 heterocycles. The molecule has 0 N–H and O–H groups in total. The van der Waals surface area contributed by atoms with Gasteiger partial charge in [-0.05, 0) is 42.5 Å². The van der Waals surface area contributed by atoms with Crippen LogP contribution in [0.5, 0.6) is 5.75 Å². The molecule has 3 heteroatoms. The minimum atomic E-state index is -0.431. The molecule has 0 aliphatic heterocycles. The molecule has 1 aliphatic carbocycles. The monoisotopic (exact) mass is 297 g/mol. The average molecular weight is 297 g/mol. The fourth-order valence-corrected chi connectivity index (χ4v) is 3.18. The van der Waals surface area contributed by atoms with Crippen LogP contribution in [0.4, 0.5) is 0 Å². The van der Waals surface area contributed by atoms with Gasteiger partial charge in [-0.1, -0.05) is 32.9 Å². The van der Waals surface area contributed by atoms with Gasteiger partial charge < -0.3 is 4.74 Å². The number of carbonyl (C=O) groups excluding carboxylic acids is 1. The highest BCUT2D eigenvalue weighted by Gasteiger charge is 2.28. The second-order valence-electron chi connectivity index (χ2n) is 7.04. The van der Waals surface area contributed by atoms with Gasteiger partial charge in [-0.3, -0.25) is 9.36 Å². The van der Waals surface area contributed by atoms with Crippen molar-refractivity contribution in [2.75, 3.05) is 7.11 Å². The van der Waals surface area contributed by atoms with E-state index in [0.29, 0.717) is 0 Å². The molecular formula is C19H23NO2. The fraction of sp³-hybridized carbons (Fsp3) is 0.421. The smallest absolute Gasteiger partial charge is 0.236 e. The van der Waals surface area contributed by atoms with E-state index >= 15 is 0 Å². The summed E-state index contributed by atoms with van der Waals surface area (Å²) in [6.07, 6.45) is 6.25. The van der Waals surface area contributed by atoms with Crippen molar-refractivity contribution < 1.29 is 9.53 Å². The van der Waals surface area contributed by atoms with Crippen molar-refractivity contribution in [1.29, 1.82) is 0 Å². The molecule has 1 aliphatic rings. The van der Waals surface area contributed by atoms with Crippen molar-refractivity contribution in [3.8, 4) is 5.75 Å². The first-order chi connectivity index (χ1) is 10.3. The molecule has 0 radical (unpaired) electrons. The van der Waals surface area contributed by atoms with Gasteiger partial charge in [-0.15, -0.1) is 0 Å². The Morgan fingerprint density at radius 3 is 2.64 bits per heavy atom. The lowest BCUT2D eigenvalue weighted by Crippen LogP contribution is -2.26. The van der Waals surface area contributed by atoms with Crippen LogP contribution >= 0.6 is 0 Å². The molecular weight excluding hydrogens is 274 g/mol. The third-order valence-corrected chi connectivity index (χ3v) is 4.36. The second-order valence-corrected chi connectivity index (χ2v) is 7.04. The van der Waals surface area contributed by atoms with E-state index in [1.165, 1.54) is 22.1 Å². The predicted molar refractivity (Wildman–Crippen MR) is 90.5 cm³/mol. The summed E-state index contributed by atoms with van der Waals surface area (Å²) < 4.78 is 7.35. The van der Waals surface area contributed by atoms with Crippen LogP contribution in [-0.2, 0) is 6.42 Å². The van der Waals surface area contributed by atoms with Crippen LogP contribution in [0.2, 0.25) is 0 Å². The van der Waals surface area contributed by atoms with Crippen LogP contribution in [0.1, 0.15) is 50.0 Å². The zero-order valence-electron chi connectivity index (χ0n) is 14.0. The van der Waals surface area contributed by atoms with Crippen molar-refractivity contribution in [3.05, 3.63) is 35.5 Å². The molecule has 116 valence electrons. The molecule has 0 saturated heterocycles. The SMILES string of the molecule is COc1ccc2c3c(cn(C(=O)C(C)(C)C)c13)CCC=C2C. The number of hydrogen-bond acceptors (Lipinski definition) is 2. The van der Waals surface area contributed by atoms with Gasteiger partial charge in [0.25, 0.3) is 0 Å². The Morgan fingerprint density at radius 2 is 2.00 bits per heavy atom. The minimum absolute atomic E-state index is 0.0985. The van der Waals surface area contributed by atoms with E-state index in [2.05, 4.69) is 19.1 Å². The van der Waals surface area contributed by atoms with Gasteiger partial charge in [0.2, 0.25) is 5.91 Å². The quantitative estimate of drug-likeness (QED) is 0.765. The maximum Gasteiger partial charge on any atom is 0.236 e. The number of hydrogen-bond donors (Lipinski definition) is 0. The van der Waals surface area contributed by atoms with E-state index in [-0.39, 0.29) is 5.91 Å². The number of allylic oxidation sites excluding steroid dienone is 2. The van der Waals surface area contributed by atoms with Crippen LogP contribution in [0.3, 0.4) is 0 Å². The molecule has 0 fully saturated rings. The van der Waals surface area contributed by atoms with E-state index in [1.54, 1.807) is 11.7 Å². The van der Waals surface area contributed by atoms with Crippen molar-refractivity contribution in [2.24, 2.45) is 5.41 Å². The standard InChI is InChI=1S/C19H23NO2/c1-12-7-6-8-13-11-20(18(21)19(2,3)4)17-15(22-5)10-9-14(12)16(13)17/h7,9-11H,6,8H2,1-5H3. The normalized spacial score (nSPS) is 14.7. The number of ether oxygens (including phenoxy) is 1. The number of aryl methyl sites for hydroxylation is 1. The summed E-state index contributed by atoms with van der Waals surface area (Å²) in [4.78, 5) is 12.9. The lowest BCUT2D eigenvalue weighted by Gasteiger charge is -2.19. The Bertz CT molecular complexity index is 788. The van der Waals surface area contributed by atoms with Crippen molar-refractivity contribution >= 4 is 22.4 Å². The second kappa shape index (κ2) is 5.01. The van der Waals surface area contributed by atoms with E-state index < -0.39 is 5.41 Å². The molecule has 3 nitrogen and oxygen atoms in total. The number of rotatable bonds is 1. The lowest BCUT2D eigenvalue weighted by atomic mass is 9.95. The predicted octanol–water partition coefficient (Wildman–Crippen LogP) is 4.69. The van der Waals surface area contributed by atoms with Gasteiger partial charge in [0.05, 0.1) is 12.6 Å². The van der Waals surface area contributed by atoms with Crippen molar-refractivity contribution in [1.82, 2.24) is 4.57 Å². The molecule has 0 atom stereocenters. The van der Waals surface area contributed by atoms with Crippen LogP contribution in [-0.4, -0.2) is 17.6 Å². The Labute approximate surface area is 131 Å². The van der Waals surface area contributed by atoms with E-state index in [0.717, 1.165) is 24.1 Å². The molecule has 0 bridgehead atoms. The largest absolute Gasteiger partial charge is 0.495 e. The first-order valence-electron chi connectivity index (χ1n) is 7.77. The summed E-state index contributed by atoms with van der Waals surface area (Å²) in [5.41, 5.74) is 4.19. The molecule has 0 unspecified atom stereocenters. The summed E-state index contributed by atoms with van der Waals surface area (Å²) >= 11 is 0. The van der Waals surface area contributed by atoms with Gasteiger partial charge in [0, 0.05) is 17.0 Å². The molecule has 0 spiro atoms. The Kier molecular flexibility index (Phi) is 3.39. The van der Waals surface area contributed by atoms with Crippen molar-refractivity contribution in [3.63, 3.8) is 0 Å². The number of carbonyl (C=O) groups is 1. The fourth-order valence-electron chi connectivity index (χ4n) is 3.18. The Balaban J connectivity index is 2.40. The summed E-state index contributed by atoms with van der Waals surface area (Å²) in [7, 11) is 1.66. The minimum Gasteiger partial charge on any atom is -0.495 e. The van der Waals surface area contributed by atoms with Crippen LogP contribution < -0.4 is 4.74 Å². The highest BCUT2D eigenvalue weighted by molar-refractivity contribution is 6.04. The summed E-state index contributed by atoms with van der Waals surface area (Å²) in [5.74, 6) is 0.860. The molecule has 1 aromatic heterocycles. The molecule has 22 heavy (non-hydrogen) atoms. The number of methoxy groups -OCH3 is 1. The molecule has 3 rings (SSSR count). The maximum atomic E-state index is 12.9. The number of benzene rings is 1. The molecule has 0 saturated carbocycles. The van der Waals surface area contributed by atoms with Crippen LogP contribution in [0, 0.1) is 5.41 Å². The van der Waals surface area contributed by atoms with E-state index in [9.17, 15) is 4.79 Å². The van der Waals surface area contributed by atoms with Gasteiger partial charge in [-0.2, -0.15) is 0 Å². The maximum absolute atomic E-state index is 12.9. The summed E-state index contributed by atoms with van der Waals surface area (Å²) in [6, 6.07) is 4.07. The van der Waals surface area contributed by atoms with Gasteiger partial charge in [0.1, 0.15) is 5.75 Å². The first-order valence-corrected chi connectivity index (χ1v) is 7.77. The number of aromatic nitrogens is 1. The lowest BCUT2D eigenvalue weighted by molar-refractivity contribution is 0.0772. The Morgan fingerprint density at radius 1 is 1.27 bits per heavy atom. The van der Waals surface area contributed by atoms with Gasteiger partial charge >= 0.3 is 0 Å². The van der Waals surface area contributed by atoms with Crippen LogP contribution in [0.25, 0.3) is 16.5 Å².